The van der Waals surface area contributed by atoms with E-state index in [0.29, 0.717) is 32.2 Å². The van der Waals surface area contributed by atoms with Crippen molar-refractivity contribution in [2.24, 2.45) is 0 Å². The van der Waals surface area contributed by atoms with E-state index in [9.17, 15) is 23.5 Å². The second kappa shape index (κ2) is 9.49. The molecule has 1 amide bonds. The fourth-order valence-corrected chi connectivity index (χ4v) is 4.37. The fraction of sp³-hybridized carbons (Fsp3) is 0.364. The van der Waals surface area contributed by atoms with E-state index in [4.69, 9.17) is 5.11 Å². The van der Waals surface area contributed by atoms with Crippen molar-refractivity contribution >= 4 is 23.2 Å². The molecule has 5 nitrogen and oxygen atoms in total. The summed E-state index contributed by atoms with van der Waals surface area (Å²) in [6.07, 6.45) is 2.69. The molecular formula is C22H23F2NO4S. The molecule has 2 N–H and O–H groups in total. The van der Waals surface area contributed by atoms with Crippen molar-refractivity contribution in [2.45, 2.75) is 43.8 Å². The van der Waals surface area contributed by atoms with Crippen LogP contribution < -0.4 is 0 Å². The van der Waals surface area contributed by atoms with Gasteiger partial charge in [0.1, 0.15) is 11.0 Å². The zero-order valence-corrected chi connectivity index (χ0v) is 17.0. The SMILES string of the molecule is O=C(O)c1ccc(CCCN2C(=O)CC[C@@H]2/C=C/C(O)C(F)(F)c2ccccc2)s1. The summed E-state index contributed by atoms with van der Waals surface area (Å²) >= 11 is 1.21. The number of alkyl halides is 2. The van der Waals surface area contributed by atoms with Crippen LogP contribution in [0.5, 0.6) is 0 Å². The normalized spacial score (nSPS) is 18.3. The Kier molecular flexibility index (Phi) is 6.99. The molecular weight excluding hydrogens is 412 g/mol. The van der Waals surface area contributed by atoms with Gasteiger partial charge in [0.05, 0.1) is 6.04 Å². The van der Waals surface area contributed by atoms with Gasteiger partial charge in [-0.1, -0.05) is 42.5 Å². The van der Waals surface area contributed by atoms with Gasteiger partial charge in [0.2, 0.25) is 5.91 Å². The first-order valence-corrected chi connectivity index (χ1v) is 10.5. The van der Waals surface area contributed by atoms with Crippen LogP contribution in [0.4, 0.5) is 8.78 Å². The van der Waals surface area contributed by atoms with Gasteiger partial charge >= 0.3 is 11.9 Å². The standard InChI is InChI=1S/C22H23F2NO4S/c23-22(24,15-5-2-1-3-6-15)19(26)12-8-16-9-13-20(27)25(16)14-4-7-17-10-11-18(30-17)21(28)29/h1-3,5-6,8,10-12,16,19,26H,4,7,9,13-14H2,(H,28,29)/b12-8+/t16-,19?/m0/s1. The maximum Gasteiger partial charge on any atom is 0.345 e. The summed E-state index contributed by atoms with van der Waals surface area (Å²) in [6, 6.07) is 10.1. The van der Waals surface area contributed by atoms with Crippen LogP contribution in [0.15, 0.2) is 54.6 Å². The molecule has 2 atom stereocenters. The summed E-state index contributed by atoms with van der Waals surface area (Å²) < 4.78 is 28.8. The summed E-state index contributed by atoms with van der Waals surface area (Å²) in [5.41, 5.74) is -0.266. The van der Waals surface area contributed by atoms with Crippen LogP contribution in [0, 0.1) is 0 Å². The zero-order valence-electron chi connectivity index (χ0n) is 16.2. The molecule has 2 aromatic rings. The molecule has 0 aliphatic carbocycles. The lowest BCUT2D eigenvalue weighted by Crippen LogP contribution is -2.34. The number of aromatic carboxylic acids is 1. The van der Waals surface area contributed by atoms with E-state index in [1.165, 1.54) is 41.7 Å². The van der Waals surface area contributed by atoms with Crippen molar-refractivity contribution < 1.29 is 28.6 Å². The number of carboxylic acids is 1. The minimum Gasteiger partial charge on any atom is -0.477 e. The number of hydrogen-bond acceptors (Lipinski definition) is 4. The van der Waals surface area contributed by atoms with Gasteiger partial charge < -0.3 is 15.1 Å². The van der Waals surface area contributed by atoms with Crippen molar-refractivity contribution in [2.75, 3.05) is 6.54 Å². The number of likely N-dealkylation sites (tertiary alicyclic amines) is 1. The number of aliphatic hydroxyl groups is 1. The number of carboxylic acid groups (broad SMARTS) is 1. The molecule has 1 aromatic heterocycles. The summed E-state index contributed by atoms with van der Waals surface area (Å²) in [4.78, 5) is 26.0. The topological polar surface area (TPSA) is 77.8 Å². The number of nitrogens with zero attached hydrogens (tertiary/aromatic N) is 1. The minimum absolute atomic E-state index is 0.0497. The lowest BCUT2D eigenvalue weighted by molar-refractivity contribution is -0.128. The number of amides is 1. The molecule has 1 aliphatic rings. The molecule has 1 aromatic carbocycles. The Hall–Kier alpha value is -2.58. The molecule has 3 rings (SSSR count). The molecule has 0 saturated carbocycles. The number of aliphatic hydroxyl groups excluding tert-OH is 1. The van der Waals surface area contributed by atoms with Gasteiger partial charge in [0.15, 0.2) is 0 Å². The molecule has 8 heteroatoms. The molecule has 1 unspecified atom stereocenters. The van der Waals surface area contributed by atoms with Crippen LogP contribution >= 0.6 is 11.3 Å². The lowest BCUT2D eigenvalue weighted by Gasteiger charge is -2.24. The number of benzene rings is 1. The van der Waals surface area contributed by atoms with E-state index in [1.807, 2.05) is 0 Å². The van der Waals surface area contributed by atoms with Crippen LogP contribution in [0.1, 0.15) is 39.4 Å². The van der Waals surface area contributed by atoms with Gasteiger partial charge in [0, 0.05) is 23.4 Å². The first kappa shape index (κ1) is 22.1. The molecule has 160 valence electrons. The quantitative estimate of drug-likeness (QED) is 0.582. The third kappa shape index (κ3) is 5.12. The van der Waals surface area contributed by atoms with Crippen LogP contribution in [0.25, 0.3) is 0 Å². The highest BCUT2D eigenvalue weighted by Crippen LogP contribution is 2.33. The molecule has 1 fully saturated rings. The van der Waals surface area contributed by atoms with E-state index in [0.717, 1.165) is 11.0 Å². The van der Waals surface area contributed by atoms with E-state index in [2.05, 4.69) is 0 Å². The van der Waals surface area contributed by atoms with Crippen LogP contribution in [-0.4, -0.2) is 45.7 Å². The Morgan fingerprint density at radius 3 is 2.67 bits per heavy atom. The van der Waals surface area contributed by atoms with Crippen molar-refractivity contribution in [3.05, 3.63) is 69.9 Å². The highest BCUT2D eigenvalue weighted by Gasteiger charge is 2.39. The number of aryl methyl sites for hydroxylation is 1. The van der Waals surface area contributed by atoms with Gasteiger partial charge in [-0.25, -0.2) is 4.79 Å². The summed E-state index contributed by atoms with van der Waals surface area (Å²) in [5, 5.41) is 19.0. The second-order valence-corrected chi connectivity index (χ2v) is 8.35. The maximum atomic E-state index is 14.4. The van der Waals surface area contributed by atoms with E-state index in [1.54, 1.807) is 23.1 Å². The van der Waals surface area contributed by atoms with Crippen molar-refractivity contribution in [1.29, 1.82) is 0 Å². The monoisotopic (exact) mass is 435 g/mol. The van der Waals surface area contributed by atoms with E-state index in [-0.39, 0.29) is 22.4 Å². The molecule has 1 saturated heterocycles. The number of carbonyl (C=O) groups is 2. The van der Waals surface area contributed by atoms with Gasteiger partial charge in [-0.05, 0) is 31.4 Å². The number of rotatable bonds is 9. The Balaban J connectivity index is 1.58. The first-order chi connectivity index (χ1) is 14.3. The largest absolute Gasteiger partial charge is 0.477 e. The number of hydrogen-bond donors (Lipinski definition) is 2. The number of carbonyl (C=O) groups excluding carboxylic acids is 1. The van der Waals surface area contributed by atoms with Crippen LogP contribution in [0.3, 0.4) is 0 Å². The molecule has 30 heavy (non-hydrogen) atoms. The minimum atomic E-state index is -3.42. The third-order valence-corrected chi connectivity index (χ3v) is 6.25. The third-order valence-electron chi connectivity index (χ3n) is 5.11. The second-order valence-electron chi connectivity index (χ2n) is 7.19. The van der Waals surface area contributed by atoms with Crippen molar-refractivity contribution in [1.82, 2.24) is 4.90 Å². The molecule has 0 bridgehead atoms. The summed E-state index contributed by atoms with van der Waals surface area (Å²) in [6.45, 7) is 0.444. The molecule has 0 spiro atoms. The van der Waals surface area contributed by atoms with Gasteiger partial charge in [-0.3, -0.25) is 4.79 Å². The van der Waals surface area contributed by atoms with Gasteiger partial charge in [0.25, 0.3) is 0 Å². The molecule has 2 heterocycles. The Morgan fingerprint density at radius 1 is 1.27 bits per heavy atom. The maximum absolute atomic E-state index is 14.4. The highest BCUT2D eigenvalue weighted by molar-refractivity contribution is 7.13. The average molecular weight is 435 g/mol. The predicted molar refractivity (Wildman–Crippen MR) is 110 cm³/mol. The first-order valence-electron chi connectivity index (χ1n) is 9.70. The van der Waals surface area contributed by atoms with Crippen molar-refractivity contribution in [3.8, 4) is 0 Å². The summed E-state index contributed by atoms with van der Waals surface area (Å²) in [7, 11) is 0. The average Bonchev–Trinajstić information content (AvgIpc) is 3.34. The van der Waals surface area contributed by atoms with Gasteiger partial charge in [-0.15, -0.1) is 11.3 Å². The number of halogens is 2. The summed E-state index contributed by atoms with van der Waals surface area (Å²) in [5.74, 6) is -4.44. The molecule has 0 radical (unpaired) electrons. The smallest absolute Gasteiger partial charge is 0.345 e. The lowest BCUT2D eigenvalue weighted by atomic mass is 10.0. The predicted octanol–water partition coefficient (Wildman–Crippen LogP) is 4.08. The van der Waals surface area contributed by atoms with E-state index < -0.39 is 18.0 Å². The van der Waals surface area contributed by atoms with Crippen LogP contribution in [-0.2, 0) is 17.1 Å². The van der Waals surface area contributed by atoms with Gasteiger partial charge in [-0.2, -0.15) is 8.78 Å². The Morgan fingerprint density at radius 2 is 2.00 bits per heavy atom. The Bertz CT molecular complexity index is 913. The van der Waals surface area contributed by atoms with Crippen LogP contribution in [0.2, 0.25) is 0 Å². The zero-order chi connectivity index (χ0) is 21.7. The van der Waals surface area contributed by atoms with Crippen molar-refractivity contribution in [3.63, 3.8) is 0 Å². The Labute approximate surface area is 177 Å². The number of thiophene rings is 1. The highest BCUT2D eigenvalue weighted by atomic mass is 32.1. The van der Waals surface area contributed by atoms with E-state index >= 15 is 0 Å². The fourth-order valence-electron chi connectivity index (χ4n) is 3.48. The molecule has 1 aliphatic heterocycles.